The van der Waals surface area contributed by atoms with E-state index in [0.717, 1.165) is 55.6 Å². The summed E-state index contributed by atoms with van der Waals surface area (Å²) >= 11 is 0. The summed E-state index contributed by atoms with van der Waals surface area (Å²) in [4.78, 5) is 21.2. The number of hydrogen-bond donors (Lipinski definition) is 3. The van der Waals surface area contributed by atoms with Gasteiger partial charge in [-0.15, -0.1) is 0 Å². The molecule has 0 unspecified atom stereocenters. The zero-order chi connectivity index (χ0) is 22.3. The van der Waals surface area contributed by atoms with Gasteiger partial charge in [-0.25, -0.2) is 4.98 Å². The molecule has 1 aliphatic rings. The van der Waals surface area contributed by atoms with Gasteiger partial charge in [0.05, 0.1) is 0 Å². The highest BCUT2D eigenvalue weighted by molar-refractivity contribution is 5.95. The number of hydrogen-bond acceptors (Lipinski definition) is 6. The van der Waals surface area contributed by atoms with Crippen molar-refractivity contribution in [2.45, 2.75) is 6.92 Å². The second kappa shape index (κ2) is 10.2. The minimum Gasteiger partial charge on any atom is -0.369 e. The minimum absolute atomic E-state index is 0.110. The smallest absolute Gasteiger partial charge is 0.251 e. The van der Waals surface area contributed by atoms with Crippen molar-refractivity contribution in [1.29, 1.82) is 0 Å². The van der Waals surface area contributed by atoms with Crippen LogP contribution in [0.5, 0.6) is 0 Å². The first-order valence-electron chi connectivity index (χ1n) is 11.0. The van der Waals surface area contributed by atoms with E-state index in [-0.39, 0.29) is 5.91 Å². The Morgan fingerprint density at radius 2 is 1.66 bits per heavy atom. The number of nitrogens with zero attached hydrogens (tertiary/aromatic N) is 3. The van der Waals surface area contributed by atoms with Crippen molar-refractivity contribution in [3.63, 3.8) is 0 Å². The van der Waals surface area contributed by atoms with Crippen molar-refractivity contribution in [3.8, 4) is 0 Å². The summed E-state index contributed by atoms with van der Waals surface area (Å²) < 4.78 is 0. The van der Waals surface area contributed by atoms with Crippen LogP contribution in [0.1, 0.15) is 17.3 Å². The van der Waals surface area contributed by atoms with E-state index < -0.39 is 0 Å². The lowest BCUT2D eigenvalue weighted by Gasteiger charge is -2.35. The minimum atomic E-state index is -0.110. The highest BCUT2D eigenvalue weighted by atomic mass is 16.1. The molecule has 0 aliphatic carbocycles. The molecule has 1 amide bonds. The fourth-order valence-corrected chi connectivity index (χ4v) is 3.85. The van der Waals surface area contributed by atoms with E-state index in [1.165, 1.54) is 5.69 Å². The molecule has 2 heterocycles. The van der Waals surface area contributed by atoms with Crippen LogP contribution < -0.4 is 20.9 Å². The van der Waals surface area contributed by atoms with Crippen molar-refractivity contribution >= 4 is 34.5 Å². The number of likely N-dealkylation sites (N-methyl/N-ethyl adjacent to an activating group) is 1. The van der Waals surface area contributed by atoms with Gasteiger partial charge in [0.2, 0.25) is 0 Å². The summed E-state index contributed by atoms with van der Waals surface area (Å²) in [6, 6.07) is 19.8. The molecular weight excluding hydrogens is 400 g/mol. The van der Waals surface area contributed by atoms with Crippen LogP contribution in [0.15, 0.2) is 66.9 Å². The molecule has 1 aliphatic heterocycles. The van der Waals surface area contributed by atoms with Crippen LogP contribution in [0, 0.1) is 0 Å². The highest BCUT2D eigenvalue weighted by Crippen LogP contribution is 2.24. The molecule has 1 saturated heterocycles. The Labute approximate surface area is 189 Å². The number of aromatic nitrogens is 1. The number of nitrogens with one attached hydrogen (secondary N) is 3. The van der Waals surface area contributed by atoms with E-state index in [1.54, 1.807) is 19.3 Å². The summed E-state index contributed by atoms with van der Waals surface area (Å²) in [7, 11) is 1.63. The fraction of sp³-hybridized carbons (Fsp3) is 0.280. The molecule has 0 bridgehead atoms. The van der Waals surface area contributed by atoms with Gasteiger partial charge < -0.3 is 25.8 Å². The zero-order valence-corrected chi connectivity index (χ0v) is 18.6. The molecule has 0 atom stereocenters. The highest BCUT2D eigenvalue weighted by Gasteiger charge is 2.15. The Morgan fingerprint density at radius 3 is 2.38 bits per heavy atom. The number of amides is 1. The first kappa shape index (κ1) is 21.6. The lowest BCUT2D eigenvalue weighted by Crippen LogP contribution is -2.46. The maximum atomic E-state index is 11.9. The second-order valence-electron chi connectivity index (χ2n) is 7.81. The second-order valence-corrected chi connectivity index (χ2v) is 7.81. The van der Waals surface area contributed by atoms with Crippen molar-refractivity contribution in [3.05, 3.63) is 72.4 Å². The quantitative estimate of drug-likeness (QED) is 0.525. The Balaban J connectivity index is 1.39. The number of pyridine rings is 1. The lowest BCUT2D eigenvalue weighted by atomic mass is 10.2. The number of carbonyl (C=O) groups is 1. The monoisotopic (exact) mass is 430 g/mol. The third-order valence-corrected chi connectivity index (χ3v) is 5.72. The largest absolute Gasteiger partial charge is 0.369 e. The zero-order valence-electron chi connectivity index (χ0n) is 18.6. The molecule has 4 rings (SSSR count). The van der Waals surface area contributed by atoms with Crippen LogP contribution in [-0.2, 0) is 0 Å². The Kier molecular flexibility index (Phi) is 6.87. The van der Waals surface area contributed by atoms with Gasteiger partial charge in [-0.1, -0.05) is 13.0 Å². The van der Waals surface area contributed by atoms with E-state index in [0.29, 0.717) is 5.56 Å². The van der Waals surface area contributed by atoms with Crippen LogP contribution >= 0.6 is 0 Å². The number of rotatable bonds is 7. The lowest BCUT2D eigenvalue weighted by molar-refractivity contribution is 0.0963. The van der Waals surface area contributed by atoms with Crippen molar-refractivity contribution in [2.24, 2.45) is 0 Å². The van der Waals surface area contributed by atoms with Gasteiger partial charge in [0.1, 0.15) is 5.82 Å². The van der Waals surface area contributed by atoms with E-state index in [1.807, 2.05) is 30.3 Å². The molecular formula is C25H30N6O. The molecule has 7 nitrogen and oxygen atoms in total. The van der Waals surface area contributed by atoms with Gasteiger partial charge in [0.25, 0.3) is 5.91 Å². The third-order valence-electron chi connectivity index (χ3n) is 5.72. The van der Waals surface area contributed by atoms with Crippen LogP contribution in [0.4, 0.5) is 28.6 Å². The van der Waals surface area contributed by atoms with Gasteiger partial charge in [0.15, 0.2) is 0 Å². The topological polar surface area (TPSA) is 72.5 Å². The summed E-state index contributed by atoms with van der Waals surface area (Å²) in [5.41, 5.74) is 4.59. The molecule has 7 heteroatoms. The molecule has 0 spiro atoms. The van der Waals surface area contributed by atoms with Gasteiger partial charge in [-0.2, -0.15) is 0 Å². The van der Waals surface area contributed by atoms with Gasteiger partial charge >= 0.3 is 0 Å². The predicted molar refractivity (Wildman–Crippen MR) is 131 cm³/mol. The average Bonchev–Trinajstić information content (AvgIpc) is 2.84. The van der Waals surface area contributed by atoms with Gasteiger partial charge in [-0.05, 0) is 55.1 Å². The van der Waals surface area contributed by atoms with Crippen LogP contribution in [0.25, 0.3) is 0 Å². The molecule has 3 aromatic rings. The van der Waals surface area contributed by atoms with Crippen LogP contribution in [0.3, 0.4) is 0 Å². The van der Waals surface area contributed by atoms with Gasteiger partial charge in [0, 0.05) is 73.8 Å². The molecule has 1 aromatic heterocycles. The van der Waals surface area contributed by atoms with E-state index >= 15 is 0 Å². The number of carbonyl (C=O) groups excluding carboxylic acids is 1. The van der Waals surface area contributed by atoms with E-state index in [2.05, 4.69) is 61.9 Å². The Morgan fingerprint density at radius 1 is 0.906 bits per heavy atom. The van der Waals surface area contributed by atoms with Crippen molar-refractivity contribution < 1.29 is 4.79 Å². The molecule has 0 saturated carbocycles. The summed E-state index contributed by atoms with van der Waals surface area (Å²) in [6.45, 7) is 7.71. The molecule has 0 radical (unpaired) electrons. The molecule has 32 heavy (non-hydrogen) atoms. The standard InChI is InChI=1S/C25H30N6O/c1-3-30-13-15-31(16-14-30)23-9-7-20(8-10-23)29-24-18-22(11-12-27-24)28-21-6-4-5-19(17-21)25(32)26-2/h4-12,17-18H,3,13-16H2,1-2H3,(H,26,32)(H2,27,28,29). The Hall–Kier alpha value is -3.58. The average molecular weight is 431 g/mol. The first-order chi connectivity index (χ1) is 15.6. The number of anilines is 5. The number of benzene rings is 2. The molecule has 3 N–H and O–H groups in total. The summed E-state index contributed by atoms with van der Waals surface area (Å²) in [5.74, 6) is 0.642. The molecule has 2 aromatic carbocycles. The van der Waals surface area contributed by atoms with Crippen LogP contribution in [-0.4, -0.2) is 55.6 Å². The van der Waals surface area contributed by atoms with Crippen molar-refractivity contribution in [1.82, 2.24) is 15.2 Å². The third kappa shape index (κ3) is 5.36. The van der Waals surface area contributed by atoms with Crippen LogP contribution in [0.2, 0.25) is 0 Å². The van der Waals surface area contributed by atoms with E-state index in [4.69, 9.17) is 0 Å². The summed E-state index contributed by atoms with van der Waals surface area (Å²) in [6.07, 6.45) is 1.76. The SMILES string of the molecule is CCN1CCN(c2ccc(Nc3cc(Nc4cccc(C(=O)NC)c4)ccn3)cc2)CC1. The number of piperazine rings is 1. The maximum absolute atomic E-state index is 11.9. The normalized spacial score (nSPS) is 14.1. The fourth-order valence-electron chi connectivity index (χ4n) is 3.85. The van der Waals surface area contributed by atoms with Crippen molar-refractivity contribution in [2.75, 3.05) is 55.3 Å². The summed E-state index contributed by atoms with van der Waals surface area (Å²) in [5, 5.41) is 9.36. The Bertz CT molecular complexity index is 1040. The van der Waals surface area contributed by atoms with Gasteiger partial charge in [-0.3, -0.25) is 4.79 Å². The molecule has 1 fully saturated rings. The predicted octanol–water partition coefficient (Wildman–Crippen LogP) is 4.07. The maximum Gasteiger partial charge on any atom is 0.251 e. The molecule has 166 valence electrons. The first-order valence-corrected chi connectivity index (χ1v) is 11.0. The van der Waals surface area contributed by atoms with E-state index in [9.17, 15) is 4.79 Å².